The molecule has 2 bridgehead atoms. The fourth-order valence-electron chi connectivity index (χ4n) is 6.26. The maximum Gasteiger partial charge on any atom is 0.327 e. The van der Waals surface area contributed by atoms with E-state index in [2.05, 4.69) is 31.2 Å². The number of anilines is 3. The van der Waals surface area contributed by atoms with E-state index < -0.39 is 5.82 Å². The molecule has 1 saturated carbocycles. The van der Waals surface area contributed by atoms with Gasteiger partial charge in [0, 0.05) is 74.2 Å². The minimum atomic E-state index is -0.503. The zero-order valence-electron chi connectivity index (χ0n) is 20.0. The lowest BCUT2D eigenvalue weighted by molar-refractivity contribution is 0.162. The molecule has 182 valence electrons. The van der Waals surface area contributed by atoms with E-state index in [1.165, 1.54) is 44.0 Å². The van der Waals surface area contributed by atoms with Crippen LogP contribution < -0.4 is 15.1 Å². The van der Waals surface area contributed by atoms with Crippen molar-refractivity contribution < 1.29 is 9.18 Å². The summed E-state index contributed by atoms with van der Waals surface area (Å²) in [5, 5.41) is 2.75. The normalized spacial score (nSPS) is 23.8. The van der Waals surface area contributed by atoms with E-state index in [0.717, 1.165) is 36.7 Å². The molecule has 0 radical (unpaired) electrons. The predicted octanol–water partition coefficient (Wildman–Crippen LogP) is 3.83. The maximum atomic E-state index is 14.7. The van der Waals surface area contributed by atoms with Crippen LogP contribution >= 0.6 is 0 Å². The van der Waals surface area contributed by atoms with Gasteiger partial charge in [0.1, 0.15) is 11.5 Å². The van der Waals surface area contributed by atoms with Gasteiger partial charge in [0.05, 0.1) is 11.4 Å². The number of pyridine rings is 2. The Morgan fingerprint density at radius 1 is 1.17 bits per heavy atom. The van der Waals surface area contributed by atoms with Gasteiger partial charge >= 0.3 is 6.03 Å². The molecule has 8 nitrogen and oxygen atoms in total. The summed E-state index contributed by atoms with van der Waals surface area (Å²) in [6.07, 6.45) is 11.3. The van der Waals surface area contributed by atoms with Crippen molar-refractivity contribution in [1.29, 1.82) is 0 Å². The summed E-state index contributed by atoms with van der Waals surface area (Å²) in [5.74, 6) is 1.11. The number of piperazine rings is 1. The van der Waals surface area contributed by atoms with Crippen LogP contribution in [-0.2, 0) is 6.42 Å². The van der Waals surface area contributed by atoms with Crippen molar-refractivity contribution in [3.05, 3.63) is 47.8 Å². The summed E-state index contributed by atoms with van der Waals surface area (Å²) in [6.45, 7) is 5.75. The summed E-state index contributed by atoms with van der Waals surface area (Å²) in [5.41, 5.74) is 3.77. The molecule has 3 aliphatic heterocycles. The number of imidazole rings is 1. The van der Waals surface area contributed by atoms with Gasteiger partial charge in [0.2, 0.25) is 0 Å². The van der Waals surface area contributed by atoms with E-state index >= 15 is 0 Å². The lowest BCUT2D eigenvalue weighted by Gasteiger charge is -2.42. The van der Waals surface area contributed by atoms with Crippen molar-refractivity contribution in [2.45, 2.75) is 51.1 Å². The number of nitrogens with one attached hydrogen (secondary N) is 1. The minimum Gasteiger partial charge on any atom is -0.368 e. The molecule has 3 aromatic heterocycles. The topological polar surface area (TPSA) is 69.0 Å². The molecule has 0 spiro atoms. The molecular weight excluding hydrogens is 445 g/mol. The molecule has 2 atom stereocenters. The number of carbonyl (C=O) groups excluding carboxylic acids is 1. The van der Waals surface area contributed by atoms with Gasteiger partial charge in [-0.2, -0.15) is 0 Å². The predicted molar refractivity (Wildman–Crippen MR) is 133 cm³/mol. The Hall–Kier alpha value is -3.20. The van der Waals surface area contributed by atoms with Crippen molar-refractivity contribution in [1.82, 2.24) is 19.3 Å². The van der Waals surface area contributed by atoms with E-state index in [0.29, 0.717) is 30.1 Å². The van der Waals surface area contributed by atoms with Crippen LogP contribution in [0.5, 0.6) is 0 Å². The Morgan fingerprint density at radius 2 is 1.97 bits per heavy atom. The summed E-state index contributed by atoms with van der Waals surface area (Å²) in [4.78, 5) is 29.0. The minimum absolute atomic E-state index is 0.132. The smallest absolute Gasteiger partial charge is 0.327 e. The second-order valence-corrected chi connectivity index (χ2v) is 10.6. The number of hydrogen-bond donors (Lipinski definition) is 1. The third-order valence-electron chi connectivity index (χ3n) is 8.14. The average molecular weight is 476 g/mol. The molecule has 7 rings (SSSR count). The van der Waals surface area contributed by atoms with Crippen molar-refractivity contribution >= 4 is 28.9 Å². The van der Waals surface area contributed by atoms with Crippen LogP contribution in [0, 0.1) is 18.7 Å². The lowest BCUT2D eigenvalue weighted by Crippen LogP contribution is -2.54. The molecule has 9 heteroatoms. The lowest BCUT2D eigenvalue weighted by atomic mass is 10.1. The molecule has 2 unspecified atom stereocenters. The summed E-state index contributed by atoms with van der Waals surface area (Å²) in [6, 6.07) is 4.34. The van der Waals surface area contributed by atoms with Crippen molar-refractivity contribution in [2.24, 2.45) is 5.92 Å². The number of hydrogen-bond acceptors (Lipinski definition) is 5. The van der Waals surface area contributed by atoms with Gasteiger partial charge in [0.25, 0.3) is 0 Å². The fourth-order valence-corrected chi connectivity index (χ4v) is 6.26. The average Bonchev–Trinajstić information content (AvgIpc) is 3.36. The second kappa shape index (κ2) is 7.91. The van der Waals surface area contributed by atoms with E-state index in [9.17, 15) is 9.18 Å². The van der Waals surface area contributed by atoms with Gasteiger partial charge in [0.15, 0.2) is 5.82 Å². The molecule has 3 fully saturated rings. The summed E-state index contributed by atoms with van der Waals surface area (Å²) >= 11 is 0. The van der Waals surface area contributed by atoms with Crippen LogP contribution in [0.15, 0.2) is 30.7 Å². The molecule has 1 aliphatic carbocycles. The first-order valence-corrected chi connectivity index (χ1v) is 12.8. The summed E-state index contributed by atoms with van der Waals surface area (Å²) < 4.78 is 16.4. The molecule has 2 amide bonds. The van der Waals surface area contributed by atoms with Gasteiger partial charge in [-0.25, -0.2) is 19.2 Å². The number of carbonyl (C=O) groups is 1. The SMILES string of the molecule is Cc1cn2cc(NC(=O)N3CCc4c(N5CC6CCC(C5)N6CC5CC5)ccnc43)c(F)cc2n1. The Balaban J connectivity index is 1.11. The van der Waals surface area contributed by atoms with Crippen LogP contribution in [0.3, 0.4) is 0 Å². The van der Waals surface area contributed by atoms with E-state index in [1.807, 2.05) is 6.92 Å². The molecule has 6 heterocycles. The number of nitrogens with zero attached hydrogens (tertiary/aromatic N) is 6. The molecule has 1 N–H and O–H groups in total. The van der Waals surface area contributed by atoms with E-state index in [-0.39, 0.29) is 11.7 Å². The third-order valence-corrected chi connectivity index (χ3v) is 8.14. The number of halogens is 1. The Morgan fingerprint density at radius 3 is 2.74 bits per heavy atom. The Kier molecular flexibility index (Phi) is 4.77. The van der Waals surface area contributed by atoms with Crippen LogP contribution in [0.1, 0.15) is 36.9 Å². The Bertz CT molecular complexity index is 1300. The van der Waals surface area contributed by atoms with E-state index in [1.54, 1.807) is 27.9 Å². The highest BCUT2D eigenvalue weighted by atomic mass is 19.1. The van der Waals surface area contributed by atoms with Gasteiger partial charge in [-0.15, -0.1) is 0 Å². The highest BCUT2D eigenvalue weighted by Crippen LogP contribution is 2.40. The van der Waals surface area contributed by atoms with Crippen molar-refractivity contribution in [3.8, 4) is 0 Å². The standard InChI is InChI=1S/C26H30FN7O/c1-16-11-32-15-22(21(27)10-24(32)29-16)30-26(35)33-9-7-20-23(6-8-28-25(20)33)31-13-18-4-5-19(14-31)34(18)12-17-2-3-17/h6,8,10-11,15,17-19H,2-5,7,9,12-14H2,1H3,(H,30,35). The van der Waals surface area contributed by atoms with Crippen LogP contribution in [-0.4, -0.2) is 63.6 Å². The van der Waals surface area contributed by atoms with Gasteiger partial charge in [-0.05, 0) is 51.0 Å². The van der Waals surface area contributed by atoms with Crippen molar-refractivity contribution in [3.63, 3.8) is 0 Å². The fraction of sp³-hybridized carbons (Fsp3) is 0.500. The number of urea groups is 1. The van der Waals surface area contributed by atoms with Gasteiger partial charge in [-0.1, -0.05) is 0 Å². The quantitative estimate of drug-likeness (QED) is 0.621. The number of rotatable bonds is 4. The number of aromatic nitrogens is 3. The first-order valence-electron chi connectivity index (χ1n) is 12.8. The van der Waals surface area contributed by atoms with E-state index in [4.69, 9.17) is 0 Å². The van der Waals surface area contributed by atoms with Crippen LogP contribution in [0.4, 0.5) is 26.4 Å². The zero-order valence-corrected chi connectivity index (χ0v) is 20.0. The zero-order chi connectivity index (χ0) is 23.7. The molecular formula is C26H30FN7O. The van der Waals surface area contributed by atoms with Crippen LogP contribution in [0.25, 0.3) is 5.65 Å². The Labute approximate surface area is 203 Å². The second-order valence-electron chi connectivity index (χ2n) is 10.6. The summed E-state index contributed by atoms with van der Waals surface area (Å²) in [7, 11) is 0. The number of amides is 2. The highest BCUT2D eigenvalue weighted by Gasteiger charge is 2.43. The van der Waals surface area contributed by atoms with Gasteiger partial charge in [-0.3, -0.25) is 9.80 Å². The van der Waals surface area contributed by atoms with Gasteiger partial charge < -0.3 is 14.6 Å². The molecule has 2 saturated heterocycles. The molecule has 35 heavy (non-hydrogen) atoms. The maximum absolute atomic E-state index is 14.7. The molecule has 4 aliphatic rings. The van der Waals surface area contributed by atoms with Crippen LogP contribution in [0.2, 0.25) is 0 Å². The third kappa shape index (κ3) is 3.64. The highest BCUT2D eigenvalue weighted by molar-refractivity contribution is 6.03. The van der Waals surface area contributed by atoms with Crippen molar-refractivity contribution in [2.75, 3.05) is 41.3 Å². The first kappa shape index (κ1) is 21.1. The monoisotopic (exact) mass is 475 g/mol. The molecule has 0 aromatic carbocycles. The largest absolute Gasteiger partial charge is 0.368 e. The number of fused-ring (bicyclic) bond motifs is 4. The molecule has 3 aromatic rings. The number of aryl methyl sites for hydroxylation is 1. The first-order chi connectivity index (χ1) is 17.0.